The highest BCUT2D eigenvalue weighted by atomic mass is 16.4. The number of carbonyl (C=O) groups excluding carboxylic acids is 1. The van der Waals surface area contributed by atoms with Crippen LogP contribution in [-0.4, -0.2) is 40.5 Å². The second kappa shape index (κ2) is 4.99. The van der Waals surface area contributed by atoms with Gasteiger partial charge in [-0.3, -0.25) is 9.59 Å². The lowest BCUT2D eigenvalue weighted by Gasteiger charge is -2.18. The van der Waals surface area contributed by atoms with E-state index in [1.54, 1.807) is 27.8 Å². The van der Waals surface area contributed by atoms with Gasteiger partial charge in [0.2, 0.25) is 5.76 Å². The number of carboxylic acids is 1. The Labute approximate surface area is 99.2 Å². The molecule has 0 saturated carbocycles. The minimum Gasteiger partial charge on any atom is -0.481 e. The highest BCUT2D eigenvalue weighted by molar-refractivity contribution is 5.92. The summed E-state index contributed by atoms with van der Waals surface area (Å²) in [6, 6.07) is 0. The summed E-state index contributed by atoms with van der Waals surface area (Å²) in [6.07, 6.45) is 0. The molecule has 1 aromatic rings. The van der Waals surface area contributed by atoms with Gasteiger partial charge in [0.25, 0.3) is 5.91 Å². The summed E-state index contributed by atoms with van der Waals surface area (Å²) in [5, 5.41) is 8.77. The molecule has 0 bridgehead atoms. The Balaban J connectivity index is 2.77. The van der Waals surface area contributed by atoms with E-state index in [2.05, 4.69) is 4.98 Å². The maximum absolute atomic E-state index is 11.9. The molecule has 0 unspecified atom stereocenters. The van der Waals surface area contributed by atoms with Crippen molar-refractivity contribution in [2.45, 2.75) is 20.8 Å². The third kappa shape index (κ3) is 3.05. The molecule has 17 heavy (non-hydrogen) atoms. The lowest BCUT2D eigenvalue weighted by Crippen LogP contribution is -2.33. The highest BCUT2D eigenvalue weighted by Gasteiger charge is 2.23. The van der Waals surface area contributed by atoms with E-state index in [9.17, 15) is 9.59 Å². The van der Waals surface area contributed by atoms with Crippen LogP contribution < -0.4 is 0 Å². The minimum absolute atomic E-state index is 0.132. The molecule has 1 N–H and O–H groups in total. The summed E-state index contributed by atoms with van der Waals surface area (Å²) in [4.78, 5) is 28.0. The summed E-state index contributed by atoms with van der Waals surface area (Å²) < 4.78 is 5.19. The Bertz CT molecular complexity index is 439. The fourth-order valence-electron chi connectivity index (χ4n) is 1.47. The van der Waals surface area contributed by atoms with Gasteiger partial charge in [0.05, 0.1) is 11.6 Å². The zero-order chi connectivity index (χ0) is 13.2. The average molecular weight is 240 g/mol. The molecular weight excluding hydrogens is 224 g/mol. The Morgan fingerprint density at radius 1 is 1.47 bits per heavy atom. The normalized spacial score (nSPS) is 12.2. The number of aromatic nitrogens is 1. The summed E-state index contributed by atoms with van der Waals surface area (Å²) >= 11 is 0. The molecule has 0 fully saturated rings. The van der Waals surface area contributed by atoms with Crippen LogP contribution >= 0.6 is 0 Å². The summed E-state index contributed by atoms with van der Waals surface area (Å²) in [5.74, 6) is -1.31. The zero-order valence-electron chi connectivity index (χ0n) is 10.4. The summed E-state index contributed by atoms with van der Waals surface area (Å²) in [5.41, 5.74) is 0.516. The molecule has 0 aliphatic heterocycles. The van der Waals surface area contributed by atoms with Gasteiger partial charge in [-0.1, -0.05) is 6.92 Å². The Morgan fingerprint density at radius 3 is 2.47 bits per heavy atom. The molecule has 1 amide bonds. The topological polar surface area (TPSA) is 83.6 Å². The molecule has 0 saturated heterocycles. The van der Waals surface area contributed by atoms with Gasteiger partial charge in [-0.05, 0) is 6.92 Å². The van der Waals surface area contributed by atoms with E-state index < -0.39 is 11.9 Å². The molecule has 94 valence electrons. The minimum atomic E-state index is -0.935. The van der Waals surface area contributed by atoms with Crippen molar-refractivity contribution >= 4 is 11.9 Å². The van der Waals surface area contributed by atoms with Crippen molar-refractivity contribution in [3.8, 4) is 0 Å². The van der Waals surface area contributed by atoms with E-state index in [4.69, 9.17) is 9.52 Å². The molecule has 0 aliphatic carbocycles. The number of oxazole rings is 1. The molecule has 1 atom stereocenters. The first-order chi connectivity index (χ1) is 7.82. The van der Waals surface area contributed by atoms with Crippen LogP contribution in [0.25, 0.3) is 0 Å². The van der Waals surface area contributed by atoms with Crippen molar-refractivity contribution in [3.05, 3.63) is 17.3 Å². The van der Waals surface area contributed by atoms with Crippen LogP contribution in [0.15, 0.2) is 4.42 Å². The molecule has 1 heterocycles. The van der Waals surface area contributed by atoms with Gasteiger partial charge in [0.15, 0.2) is 5.89 Å². The zero-order valence-corrected chi connectivity index (χ0v) is 10.4. The Morgan fingerprint density at radius 2 is 2.06 bits per heavy atom. The molecule has 0 radical (unpaired) electrons. The summed E-state index contributed by atoms with van der Waals surface area (Å²) in [7, 11) is 1.54. The van der Waals surface area contributed by atoms with Crippen LogP contribution in [0.2, 0.25) is 0 Å². The lowest BCUT2D eigenvalue weighted by molar-refractivity contribution is -0.141. The van der Waals surface area contributed by atoms with Gasteiger partial charge >= 0.3 is 5.97 Å². The first-order valence-electron chi connectivity index (χ1n) is 5.25. The number of aliphatic carboxylic acids is 1. The van der Waals surface area contributed by atoms with Gasteiger partial charge in [0, 0.05) is 20.5 Å². The molecule has 6 nitrogen and oxygen atoms in total. The van der Waals surface area contributed by atoms with E-state index in [0.717, 1.165) is 0 Å². The fourth-order valence-corrected chi connectivity index (χ4v) is 1.47. The second-order valence-electron chi connectivity index (χ2n) is 4.07. The van der Waals surface area contributed by atoms with Crippen molar-refractivity contribution in [1.29, 1.82) is 0 Å². The predicted molar refractivity (Wildman–Crippen MR) is 59.7 cm³/mol. The molecule has 1 aromatic heterocycles. The van der Waals surface area contributed by atoms with Gasteiger partial charge in [-0.2, -0.15) is 0 Å². The van der Waals surface area contributed by atoms with Crippen molar-refractivity contribution in [2.24, 2.45) is 5.92 Å². The fraction of sp³-hybridized carbons (Fsp3) is 0.545. The van der Waals surface area contributed by atoms with Crippen molar-refractivity contribution in [1.82, 2.24) is 9.88 Å². The van der Waals surface area contributed by atoms with E-state index in [0.29, 0.717) is 11.6 Å². The van der Waals surface area contributed by atoms with Crippen LogP contribution in [0.5, 0.6) is 0 Å². The monoisotopic (exact) mass is 240 g/mol. The van der Waals surface area contributed by atoms with Crippen LogP contribution in [-0.2, 0) is 4.79 Å². The largest absolute Gasteiger partial charge is 0.481 e. The highest BCUT2D eigenvalue weighted by Crippen LogP contribution is 2.12. The van der Waals surface area contributed by atoms with Gasteiger partial charge in [-0.25, -0.2) is 4.98 Å². The molecule has 6 heteroatoms. The second-order valence-corrected chi connectivity index (χ2v) is 4.07. The Kier molecular flexibility index (Phi) is 3.88. The van der Waals surface area contributed by atoms with E-state index in [1.165, 1.54) is 4.90 Å². The molecular formula is C11H16N2O4. The average Bonchev–Trinajstić information content (AvgIpc) is 2.56. The van der Waals surface area contributed by atoms with Gasteiger partial charge in [0.1, 0.15) is 0 Å². The molecule has 0 aromatic carbocycles. The lowest BCUT2D eigenvalue weighted by atomic mass is 10.1. The number of aryl methyl sites for hydroxylation is 2. The maximum Gasteiger partial charge on any atom is 0.308 e. The third-order valence-electron chi connectivity index (χ3n) is 2.41. The van der Waals surface area contributed by atoms with Crippen LogP contribution in [0, 0.1) is 19.8 Å². The van der Waals surface area contributed by atoms with Crippen LogP contribution in [0.3, 0.4) is 0 Å². The Hall–Kier alpha value is -1.85. The SMILES string of the molecule is Cc1nc(C)c(C(=O)N(C)C[C@H](C)C(=O)O)o1. The number of nitrogens with zero attached hydrogens (tertiary/aromatic N) is 2. The van der Waals surface area contributed by atoms with Crippen LogP contribution in [0.4, 0.5) is 0 Å². The molecule has 0 aliphatic rings. The number of amides is 1. The first-order valence-corrected chi connectivity index (χ1v) is 5.25. The maximum atomic E-state index is 11.9. The third-order valence-corrected chi connectivity index (χ3v) is 2.41. The standard InChI is InChI=1S/C11H16N2O4/c1-6(11(15)16)5-13(4)10(14)9-7(2)12-8(3)17-9/h6H,5H2,1-4H3,(H,15,16)/t6-/m0/s1. The number of hydrogen-bond acceptors (Lipinski definition) is 4. The number of rotatable bonds is 4. The quantitative estimate of drug-likeness (QED) is 0.851. The smallest absolute Gasteiger partial charge is 0.308 e. The molecule has 1 rings (SSSR count). The number of hydrogen-bond donors (Lipinski definition) is 1. The number of carboxylic acid groups (broad SMARTS) is 1. The summed E-state index contributed by atoms with van der Waals surface area (Å²) in [6.45, 7) is 5.01. The predicted octanol–water partition coefficient (Wildman–Crippen LogP) is 1.08. The van der Waals surface area contributed by atoms with E-state index in [-0.39, 0.29) is 18.2 Å². The van der Waals surface area contributed by atoms with Crippen LogP contribution in [0.1, 0.15) is 29.1 Å². The van der Waals surface area contributed by atoms with E-state index >= 15 is 0 Å². The van der Waals surface area contributed by atoms with E-state index in [1.807, 2.05) is 0 Å². The first kappa shape index (κ1) is 13.2. The van der Waals surface area contributed by atoms with Gasteiger partial charge in [-0.15, -0.1) is 0 Å². The van der Waals surface area contributed by atoms with Crippen molar-refractivity contribution in [2.75, 3.05) is 13.6 Å². The van der Waals surface area contributed by atoms with Crippen molar-refractivity contribution < 1.29 is 19.1 Å². The van der Waals surface area contributed by atoms with Gasteiger partial charge < -0.3 is 14.4 Å². The number of carbonyl (C=O) groups is 2. The molecule has 0 spiro atoms. The van der Waals surface area contributed by atoms with Crippen molar-refractivity contribution in [3.63, 3.8) is 0 Å².